The van der Waals surface area contributed by atoms with E-state index in [0.717, 1.165) is 37.5 Å². The van der Waals surface area contributed by atoms with Crippen molar-refractivity contribution < 1.29 is 8.81 Å². The van der Waals surface area contributed by atoms with Crippen molar-refractivity contribution >= 4 is 5.82 Å². The molecule has 0 aliphatic carbocycles. The quantitative estimate of drug-likeness (QED) is 0.868. The minimum Gasteiger partial charge on any atom is -0.448 e. The van der Waals surface area contributed by atoms with Gasteiger partial charge in [0.25, 0.3) is 0 Å². The normalized spacial score (nSPS) is 24.1. The Balaban J connectivity index is 1.47. The van der Waals surface area contributed by atoms with Crippen molar-refractivity contribution in [3.05, 3.63) is 42.0 Å². The second-order valence-electron chi connectivity index (χ2n) is 6.75. The number of piperazine rings is 1. The monoisotopic (exact) mass is 316 g/mol. The van der Waals surface area contributed by atoms with E-state index in [2.05, 4.69) is 33.6 Å². The van der Waals surface area contributed by atoms with E-state index in [9.17, 15) is 4.39 Å². The lowest BCUT2D eigenvalue weighted by Gasteiger charge is -2.34. The summed E-state index contributed by atoms with van der Waals surface area (Å²) < 4.78 is 19.5. The van der Waals surface area contributed by atoms with Crippen molar-refractivity contribution in [3.63, 3.8) is 0 Å². The molecular formula is C17H21FN4O. The first kappa shape index (κ1) is 14.6. The number of hydrogen-bond acceptors (Lipinski definition) is 5. The maximum absolute atomic E-state index is 14.0. The third kappa shape index (κ3) is 2.51. The van der Waals surface area contributed by atoms with Crippen LogP contribution < -0.4 is 4.90 Å². The minimum atomic E-state index is -0.231. The van der Waals surface area contributed by atoms with Gasteiger partial charge >= 0.3 is 0 Å². The van der Waals surface area contributed by atoms with Crippen molar-refractivity contribution in [2.45, 2.75) is 44.8 Å². The average molecular weight is 316 g/mol. The predicted octanol–water partition coefficient (Wildman–Crippen LogP) is 2.80. The van der Waals surface area contributed by atoms with Gasteiger partial charge in [-0.2, -0.15) is 0 Å². The van der Waals surface area contributed by atoms with E-state index in [4.69, 9.17) is 4.42 Å². The van der Waals surface area contributed by atoms with Gasteiger partial charge in [-0.3, -0.25) is 4.90 Å². The molecule has 4 rings (SSSR count). The number of rotatable bonds is 4. The van der Waals surface area contributed by atoms with Crippen molar-refractivity contribution in [1.29, 1.82) is 0 Å². The van der Waals surface area contributed by atoms with Gasteiger partial charge in [0.15, 0.2) is 18.0 Å². The van der Waals surface area contributed by atoms with Crippen LogP contribution in [0.5, 0.6) is 0 Å². The first-order valence-electron chi connectivity index (χ1n) is 8.17. The van der Waals surface area contributed by atoms with Gasteiger partial charge in [-0.1, -0.05) is 13.8 Å². The van der Waals surface area contributed by atoms with Gasteiger partial charge in [-0.15, -0.1) is 0 Å². The van der Waals surface area contributed by atoms with E-state index in [-0.39, 0.29) is 5.82 Å². The summed E-state index contributed by atoms with van der Waals surface area (Å²) in [5, 5.41) is 0. The van der Waals surface area contributed by atoms with E-state index >= 15 is 0 Å². The molecule has 6 heteroatoms. The van der Waals surface area contributed by atoms with Gasteiger partial charge in [0.2, 0.25) is 0 Å². The summed E-state index contributed by atoms with van der Waals surface area (Å²) >= 11 is 0. The molecule has 4 heterocycles. The molecule has 0 N–H and O–H groups in total. The molecular weight excluding hydrogens is 295 g/mol. The van der Waals surface area contributed by atoms with Gasteiger partial charge < -0.3 is 9.32 Å². The lowest BCUT2D eigenvalue weighted by molar-refractivity contribution is 0.225. The van der Waals surface area contributed by atoms with Crippen molar-refractivity contribution in [2.75, 3.05) is 18.0 Å². The Hall–Kier alpha value is -1.95. The summed E-state index contributed by atoms with van der Waals surface area (Å²) in [7, 11) is 0. The van der Waals surface area contributed by atoms with Crippen LogP contribution in [0, 0.1) is 5.82 Å². The lowest BCUT2D eigenvalue weighted by atomic mass is 10.1. The number of pyridine rings is 1. The van der Waals surface area contributed by atoms with Crippen molar-refractivity contribution in [2.24, 2.45) is 0 Å². The summed E-state index contributed by atoms with van der Waals surface area (Å²) in [5.74, 6) is 1.57. The number of aromatic nitrogens is 2. The molecule has 2 fully saturated rings. The van der Waals surface area contributed by atoms with Gasteiger partial charge in [-0.25, -0.2) is 14.4 Å². The van der Waals surface area contributed by atoms with Crippen LogP contribution in [-0.2, 0) is 6.54 Å². The summed E-state index contributed by atoms with van der Waals surface area (Å²) in [6.45, 7) is 6.79. The molecule has 2 atom stereocenters. The SMILES string of the molecule is CC(C)c1ocnc1CN1CC2CC1CN2c1ncccc1F. The Morgan fingerprint density at radius 3 is 2.87 bits per heavy atom. The summed E-state index contributed by atoms with van der Waals surface area (Å²) in [4.78, 5) is 13.2. The van der Waals surface area contributed by atoms with E-state index in [1.165, 1.54) is 12.5 Å². The van der Waals surface area contributed by atoms with Crippen molar-refractivity contribution in [1.82, 2.24) is 14.9 Å². The number of anilines is 1. The van der Waals surface area contributed by atoms with Gasteiger partial charge in [0.05, 0.1) is 5.69 Å². The highest BCUT2D eigenvalue weighted by Crippen LogP contribution is 2.35. The zero-order valence-electron chi connectivity index (χ0n) is 13.4. The van der Waals surface area contributed by atoms with Crippen LogP contribution in [-0.4, -0.2) is 40.0 Å². The number of likely N-dealkylation sites (tertiary alicyclic amines) is 1. The molecule has 2 unspecified atom stereocenters. The third-order valence-electron chi connectivity index (χ3n) is 4.92. The first-order chi connectivity index (χ1) is 11.1. The van der Waals surface area contributed by atoms with Gasteiger partial charge in [0, 0.05) is 43.8 Å². The number of halogens is 1. The average Bonchev–Trinajstić information content (AvgIpc) is 3.22. The predicted molar refractivity (Wildman–Crippen MR) is 84.7 cm³/mol. The summed E-state index contributed by atoms with van der Waals surface area (Å²) in [5.41, 5.74) is 1.03. The molecule has 2 bridgehead atoms. The summed E-state index contributed by atoms with van der Waals surface area (Å²) in [6, 6.07) is 3.88. The largest absolute Gasteiger partial charge is 0.448 e. The number of hydrogen-bond donors (Lipinski definition) is 0. The van der Waals surface area contributed by atoms with Crippen molar-refractivity contribution in [3.8, 4) is 0 Å². The standard InChI is InChI=1S/C17H21FN4O/c1-11(2)16-15(20-10-23-16)9-21-7-13-6-12(21)8-22(13)17-14(18)4-3-5-19-17/h3-5,10-13H,6-9H2,1-2H3. The fraction of sp³-hybridized carbons (Fsp3) is 0.529. The van der Waals surface area contributed by atoms with E-state index in [0.29, 0.717) is 23.8 Å². The maximum atomic E-state index is 14.0. The zero-order valence-corrected chi connectivity index (χ0v) is 13.4. The van der Waals surface area contributed by atoms with Gasteiger partial charge in [0.1, 0.15) is 5.76 Å². The highest BCUT2D eigenvalue weighted by atomic mass is 19.1. The molecule has 0 saturated carbocycles. The van der Waals surface area contributed by atoms with Crippen LogP contribution in [0.15, 0.2) is 29.1 Å². The second kappa shape index (κ2) is 5.60. The molecule has 2 aromatic rings. The second-order valence-corrected chi connectivity index (χ2v) is 6.75. The molecule has 0 spiro atoms. The fourth-order valence-electron chi connectivity index (χ4n) is 3.85. The molecule has 2 aliphatic heterocycles. The van der Waals surface area contributed by atoms with Crippen LogP contribution in [0.1, 0.15) is 37.6 Å². The molecule has 2 aromatic heterocycles. The molecule has 0 aromatic carbocycles. The molecule has 2 aliphatic rings. The Bertz CT molecular complexity index is 701. The highest BCUT2D eigenvalue weighted by Gasteiger charge is 2.44. The van der Waals surface area contributed by atoms with E-state index < -0.39 is 0 Å². The molecule has 2 saturated heterocycles. The molecule has 23 heavy (non-hydrogen) atoms. The van der Waals surface area contributed by atoms with Crippen LogP contribution >= 0.6 is 0 Å². The Morgan fingerprint density at radius 2 is 2.17 bits per heavy atom. The molecule has 0 amide bonds. The smallest absolute Gasteiger partial charge is 0.181 e. The fourth-order valence-corrected chi connectivity index (χ4v) is 3.85. The van der Waals surface area contributed by atoms with Crippen LogP contribution in [0.25, 0.3) is 0 Å². The minimum absolute atomic E-state index is 0.231. The third-order valence-corrected chi connectivity index (χ3v) is 4.92. The molecule has 122 valence electrons. The van der Waals surface area contributed by atoms with Gasteiger partial charge in [-0.05, 0) is 18.6 Å². The Kier molecular flexibility index (Phi) is 3.56. The van der Waals surface area contributed by atoms with Crippen LogP contribution in [0.4, 0.5) is 10.2 Å². The van der Waals surface area contributed by atoms with E-state index in [1.54, 1.807) is 12.3 Å². The first-order valence-corrected chi connectivity index (χ1v) is 8.17. The number of oxazole rings is 1. The van der Waals surface area contributed by atoms with Crippen LogP contribution in [0.2, 0.25) is 0 Å². The Labute approximate surface area is 135 Å². The van der Waals surface area contributed by atoms with E-state index in [1.807, 2.05) is 0 Å². The number of fused-ring (bicyclic) bond motifs is 2. The summed E-state index contributed by atoms with van der Waals surface area (Å²) in [6.07, 6.45) is 4.26. The maximum Gasteiger partial charge on any atom is 0.181 e. The molecule has 0 radical (unpaired) electrons. The highest BCUT2D eigenvalue weighted by molar-refractivity contribution is 5.44. The topological polar surface area (TPSA) is 45.4 Å². The molecule has 5 nitrogen and oxygen atoms in total. The lowest BCUT2D eigenvalue weighted by Crippen LogP contribution is -2.46. The van der Waals surface area contributed by atoms with Crippen LogP contribution in [0.3, 0.4) is 0 Å². The number of nitrogens with zero attached hydrogens (tertiary/aromatic N) is 4. The zero-order chi connectivity index (χ0) is 16.0. The Morgan fingerprint density at radius 1 is 1.30 bits per heavy atom.